The molecule has 0 rings (SSSR count). The van der Waals surface area contributed by atoms with E-state index in [9.17, 15) is 4.79 Å². The maximum Gasteiger partial charge on any atom is 0.211 e. The summed E-state index contributed by atoms with van der Waals surface area (Å²) in [5.41, 5.74) is 9.96. The van der Waals surface area contributed by atoms with Crippen LogP contribution >= 0.6 is 0 Å². The van der Waals surface area contributed by atoms with E-state index < -0.39 is 0 Å². The molecule has 0 radical (unpaired) electrons. The molecule has 0 heterocycles. The highest BCUT2D eigenvalue weighted by atomic mass is 16.1. The van der Waals surface area contributed by atoms with Crippen molar-refractivity contribution < 1.29 is 4.79 Å². The topological polar surface area (TPSA) is 93.8 Å². The molecule has 11 heavy (non-hydrogen) atoms. The third-order valence-corrected chi connectivity index (χ3v) is 0.880. The predicted molar refractivity (Wildman–Crippen MR) is 44.2 cm³/mol. The zero-order valence-corrected chi connectivity index (χ0v) is 6.45. The highest BCUT2D eigenvalue weighted by Gasteiger charge is 1.88. The molecule has 0 amide bonds. The van der Waals surface area contributed by atoms with Gasteiger partial charge in [-0.25, -0.2) is 0 Å². The van der Waals surface area contributed by atoms with E-state index in [1.165, 1.54) is 13.1 Å². The Balaban J connectivity index is 3.46. The van der Waals surface area contributed by atoms with Gasteiger partial charge in [0, 0.05) is 12.6 Å². The van der Waals surface area contributed by atoms with Crippen molar-refractivity contribution in [2.45, 2.75) is 19.8 Å². The largest absolute Gasteiger partial charge is 0.369 e. The lowest BCUT2D eigenvalue weighted by atomic mass is 10.2. The molecule has 5 heteroatoms. The Kier molecular flexibility index (Phi) is 4.72. The van der Waals surface area contributed by atoms with Crippen LogP contribution in [0.4, 0.5) is 0 Å². The molecule has 0 aliphatic rings. The molecule has 0 spiro atoms. The molecule has 0 aromatic carbocycles. The minimum absolute atomic E-state index is 0.0796. The van der Waals surface area contributed by atoms with Crippen LogP contribution in [-0.2, 0) is 4.79 Å². The molecule has 0 aliphatic heterocycles. The Labute approximate surface area is 65.2 Å². The summed E-state index contributed by atoms with van der Waals surface area (Å²) in [6.45, 7) is 1.52. The second-order valence-electron chi connectivity index (χ2n) is 2.06. The fraction of sp³-hybridized carbons (Fsp3) is 0.500. The Morgan fingerprint density at radius 3 is 2.64 bits per heavy atom. The lowest BCUT2D eigenvalue weighted by Gasteiger charge is -1.86. The van der Waals surface area contributed by atoms with Gasteiger partial charge in [0.25, 0.3) is 0 Å². The van der Waals surface area contributed by atoms with Crippen LogP contribution in [0.3, 0.4) is 0 Å². The molecular formula is C6H12N4O. The third kappa shape index (κ3) is 8.61. The quantitative estimate of drug-likeness (QED) is 0.330. The first-order valence-electron chi connectivity index (χ1n) is 3.23. The summed E-state index contributed by atoms with van der Waals surface area (Å²) in [5.74, 6) is 0.0465. The van der Waals surface area contributed by atoms with Crippen molar-refractivity contribution in [2.75, 3.05) is 0 Å². The molecule has 0 saturated heterocycles. The smallest absolute Gasteiger partial charge is 0.211 e. The molecule has 62 valence electrons. The second kappa shape index (κ2) is 5.40. The monoisotopic (exact) mass is 156 g/mol. The number of guanidine groups is 1. The maximum atomic E-state index is 10.4. The second-order valence-corrected chi connectivity index (χ2v) is 2.06. The van der Waals surface area contributed by atoms with Gasteiger partial charge >= 0.3 is 0 Å². The molecule has 0 saturated carbocycles. The first-order chi connectivity index (χ1) is 5.13. The highest BCUT2D eigenvalue weighted by molar-refractivity contribution is 5.79. The Morgan fingerprint density at radius 2 is 2.18 bits per heavy atom. The molecular weight excluding hydrogens is 144 g/mol. The average Bonchev–Trinajstić information content (AvgIpc) is 1.85. The van der Waals surface area contributed by atoms with Crippen molar-refractivity contribution in [3.05, 3.63) is 0 Å². The molecule has 5 nitrogen and oxygen atoms in total. The van der Waals surface area contributed by atoms with Gasteiger partial charge in [-0.2, -0.15) is 5.10 Å². The number of hydrogen-bond acceptors (Lipinski definition) is 3. The number of nitrogens with zero attached hydrogens (tertiary/aromatic N) is 2. The molecule has 4 N–H and O–H groups in total. The Hall–Kier alpha value is -1.39. The van der Waals surface area contributed by atoms with Gasteiger partial charge in [-0.05, 0) is 13.3 Å². The average molecular weight is 156 g/mol. The van der Waals surface area contributed by atoms with Gasteiger partial charge in [-0.3, -0.25) is 0 Å². The number of ketones is 1. The number of carbonyl (C=O) groups excluding carboxylic acids is 1. The molecule has 0 aromatic rings. The lowest BCUT2D eigenvalue weighted by molar-refractivity contribution is -0.116. The molecule has 0 unspecified atom stereocenters. The van der Waals surface area contributed by atoms with Crippen LogP contribution in [0, 0.1) is 0 Å². The summed E-state index contributed by atoms with van der Waals surface area (Å²) in [4.78, 5) is 10.4. The summed E-state index contributed by atoms with van der Waals surface area (Å²) < 4.78 is 0. The summed E-state index contributed by atoms with van der Waals surface area (Å²) in [7, 11) is 0. The van der Waals surface area contributed by atoms with E-state index in [0.717, 1.165) is 0 Å². The number of nitrogens with two attached hydrogens (primary N) is 2. The van der Waals surface area contributed by atoms with Gasteiger partial charge in [0.2, 0.25) is 5.96 Å². The normalized spacial score (nSPS) is 9.91. The van der Waals surface area contributed by atoms with Crippen LogP contribution in [-0.4, -0.2) is 18.0 Å². The van der Waals surface area contributed by atoms with E-state index in [1.807, 2.05) is 0 Å². The zero-order chi connectivity index (χ0) is 8.69. The first-order valence-corrected chi connectivity index (χ1v) is 3.23. The number of carbonyl (C=O) groups is 1. The number of Topliss-reactive ketones (excluding diaryl/α,β-unsaturated/α-hetero) is 1. The van der Waals surface area contributed by atoms with Crippen LogP contribution in [0.25, 0.3) is 0 Å². The van der Waals surface area contributed by atoms with E-state index in [0.29, 0.717) is 12.8 Å². The molecule has 0 fully saturated rings. The van der Waals surface area contributed by atoms with Crippen molar-refractivity contribution in [3.63, 3.8) is 0 Å². The summed E-state index contributed by atoms with van der Waals surface area (Å²) >= 11 is 0. The van der Waals surface area contributed by atoms with Crippen LogP contribution in [0.2, 0.25) is 0 Å². The fourth-order valence-electron chi connectivity index (χ4n) is 0.433. The molecule has 0 aliphatic carbocycles. The number of rotatable bonds is 4. The van der Waals surface area contributed by atoms with Gasteiger partial charge in [0.05, 0.1) is 0 Å². The molecule has 0 atom stereocenters. The third-order valence-electron chi connectivity index (χ3n) is 0.880. The van der Waals surface area contributed by atoms with E-state index in [1.54, 1.807) is 0 Å². The van der Waals surface area contributed by atoms with Crippen LogP contribution < -0.4 is 11.5 Å². The van der Waals surface area contributed by atoms with Gasteiger partial charge in [-0.1, -0.05) is 0 Å². The highest BCUT2D eigenvalue weighted by Crippen LogP contribution is 1.85. The van der Waals surface area contributed by atoms with E-state index in [-0.39, 0.29) is 11.7 Å². The zero-order valence-electron chi connectivity index (χ0n) is 6.45. The predicted octanol–water partition coefficient (Wildman–Crippen LogP) is -0.385. The first kappa shape index (κ1) is 9.61. The summed E-state index contributed by atoms with van der Waals surface area (Å²) in [6.07, 6.45) is 2.55. The fourth-order valence-corrected chi connectivity index (χ4v) is 0.433. The van der Waals surface area contributed by atoms with Crippen molar-refractivity contribution in [2.24, 2.45) is 21.7 Å². The lowest BCUT2D eigenvalue weighted by Crippen LogP contribution is -2.21. The van der Waals surface area contributed by atoms with E-state index in [4.69, 9.17) is 11.5 Å². The van der Waals surface area contributed by atoms with Crippen molar-refractivity contribution >= 4 is 18.0 Å². The van der Waals surface area contributed by atoms with Crippen LogP contribution in [0.15, 0.2) is 10.2 Å². The molecule has 0 aromatic heterocycles. The van der Waals surface area contributed by atoms with E-state index >= 15 is 0 Å². The molecule has 0 bridgehead atoms. The minimum Gasteiger partial charge on any atom is -0.369 e. The van der Waals surface area contributed by atoms with Gasteiger partial charge < -0.3 is 16.3 Å². The van der Waals surface area contributed by atoms with Crippen LogP contribution in [0.5, 0.6) is 0 Å². The summed E-state index contributed by atoms with van der Waals surface area (Å²) in [5, 5.41) is 6.86. The summed E-state index contributed by atoms with van der Waals surface area (Å²) in [6, 6.07) is 0. The van der Waals surface area contributed by atoms with Crippen molar-refractivity contribution in [1.82, 2.24) is 0 Å². The van der Waals surface area contributed by atoms with Gasteiger partial charge in [0.1, 0.15) is 5.78 Å². The van der Waals surface area contributed by atoms with Crippen LogP contribution in [0.1, 0.15) is 19.8 Å². The minimum atomic E-state index is -0.0796. The SMILES string of the molecule is CC(=O)CC/C=N/N=C(N)N. The number of hydrogen-bond donors (Lipinski definition) is 2. The van der Waals surface area contributed by atoms with E-state index in [2.05, 4.69) is 10.2 Å². The van der Waals surface area contributed by atoms with Crippen molar-refractivity contribution in [1.29, 1.82) is 0 Å². The standard InChI is InChI=1S/C6H12N4O/c1-5(11)3-2-4-9-10-6(7)8/h4H,2-3H2,1H3,(H4,7,8,10)/b9-4+. The Bertz CT molecular complexity index is 181. The van der Waals surface area contributed by atoms with Gasteiger partial charge in [-0.15, -0.1) is 5.10 Å². The Morgan fingerprint density at radius 1 is 1.55 bits per heavy atom. The van der Waals surface area contributed by atoms with Gasteiger partial charge in [0.15, 0.2) is 0 Å². The van der Waals surface area contributed by atoms with Crippen molar-refractivity contribution in [3.8, 4) is 0 Å². The maximum absolute atomic E-state index is 10.4.